The first-order valence-corrected chi connectivity index (χ1v) is 7.87. The largest absolute Gasteiger partial charge is 0.384 e. The average molecular weight is 274 g/mol. The number of anilines is 1. The molecule has 2 fully saturated rings. The van der Waals surface area contributed by atoms with Gasteiger partial charge in [0, 0.05) is 38.0 Å². The fourth-order valence-corrected chi connectivity index (χ4v) is 3.74. The second kappa shape index (κ2) is 6.15. The summed E-state index contributed by atoms with van der Waals surface area (Å²) in [6.45, 7) is 6.86. The van der Waals surface area contributed by atoms with Gasteiger partial charge in [-0.25, -0.2) is 0 Å². The van der Waals surface area contributed by atoms with Crippen molar-refractivity contribution in [3.63, 3.8) is 0 Å². The summed E-state index contributed by atoms with van der Waals surface area (Å²) in [5.74, 6) is 0. The smallest absolute Gasteiger partial charge is 0.0503 e. The van der Waals surface area contributed by atoms with Gasteiger partial charge >= 0.3 is 0 Å². The molecule has 2 heterocycles. The summed E-state index contributed by atoms with van der Waals surface area (Å²) in [5, 5.41) is 0. The van der Waals surface area contributed by atoms with E-state index in [0.717, 1.165) is 19.1 Å². The Morgan fingerprint density at radius 2 is 2.10 bits per heavy atom. The Hall–Kier alpha value is -1.06. The Bertz CT molecular complexity index is 448. The van der Waals surface area contributed by atoms with E-state index < -0.39 is 0 Å². The summed E-state index contributed by atoms with van der Waals surface area (Å²) in [5.41, 5.74) is 2.84. The van der Waals surface area contributed by atoms with Crippen LogP contribution in [0.3, 0.4) is 0 Å². The number of hydrogen-bond acceptors (Lipinski definition) is 3. The molecule has 0 radical (unpaired) electrons. The number of benzene rings is 1. The van der Waals surface area contributed by atoms with Gasteiger partial charge in [0.15, 0.2) is 0 Å². The fraction of sp³-hybridized carbons (Fsp3) is 0.647. The summed E-state index contributed by atoms with van der Waals surface area (Å²) in [6, 6.07) is 10.2. The minimum atomic E-state index is 0.605. The van der Waals surface area contributed by atoms with E-state index in [4.69, 9.17) is 4.74 Å². The maximum absolute atomic E-state index is 5.26. The van der Waals surface area contributed by atoms with Crippen LogP contribution in [-0.4, -0.2) is 50.3 Å². The summed E-state index contributed by atoms with van der Waals surface area (Å²) in [4.78, 5) is 5.30. The Kier molecular flexibility index (Phi) is 4.27. The zero-order valence-corrected chi connectivity index (χ0v) is 12.7. The first-order chi connectivity index (χ1) is 9.79. The molecule has 20 heavy (non-hydrogen) atoms. The summed E-state index contributed by atoms with van der Waals surface area (Å²) in [7, 11) is 1.78. The zero-order valence-electron chi connectivity index (χ0n) is 12.7. The number of para-hydroxylation sites is 1. The van der Waals surface area contributed by atoms with Gasteiger partial charge in [-0.05, 0) is 44.4 Å². The lowest BCUT2D eigenvalue weighted by Crippen LogP contribution is -2.55. The van der Waals surface area contributed by atoms with Crippen molar-refractivity contribution < 1.29 is 4.74 Å². The molecule has 0 spiro atoms. The second-order valence-corrected chi connectivity index (χ2v) is 6.16. The van der Waals surface area contributed by atoms with Crippen LogP contribution in [0, 0.1) is 0 Å². The molecular formula is C17H26N2O. The van der Waals surface area contributed by atoms with E-state index in [1.54, 1.807) is 7.11 Å². The molecule has 3 heteroatoms. The van der Waals surface area contributed by atoms with Crippen molar-refractivity contribution in [3.8, 4) is 0 Å². The number of methoxy groups -OCH3 is 1. The topological polar surface area (TPSA) is 15.7 Å². The van der Waals surface area contributed by atoms with Gasteiger partial charge < -0.3 is 9.64 Å². The van der Waals surface area contributed by atoms with Gasteiger partial charge in [-0.3, -0.25) is 4.90 Å². The molecular weight excluding hydrogens is 248 g/mol. The normalized spacial score (nSPS) is 26.8. The second-order valence-electron chi connectivity index (χ2n) is 6.16. The summed E-state index contributed by atoms with van der Waals surface area (Å²) >= 11 is 0. The zero-order chi connectivity index (χ0) is 13.9. The highest BCUT2D eigenvalue weighted by atomic mass is 16.5. The molecule has 2 unspecified atom stereocenters. The van der Waals surface area contributed by atoms with Crippen molar-refractivity contribution >= 4 is 5.69 Å². The maximum Gasteiger partial charge on any atom is 0.0503 e. The molecule has 0 saturated carbocycles. The van der Waals surface area contributed by atoms with Crippen molar-refractivity contribution in [1.29, 1.82) is 0 Å². The van der Waals surface area contributed by atoms with Gasteiger partial charge in [0.1, 0.15) is 0 Å². The number of hydrogen-bond donors (Lipinski definition) is 0. The predicted molar refractivity (Wildman–Crippen MR) is 83.4 cm³/mol. The van der Waals surface area contributed by atoms with Crippen molar-refractivity contribution in [2.24, 2.45) is 0 Å². The lowest BCUT2D eigenvalue weighted by molar-refractivity contribution is 0.199. The highest BCUT2D eigenvalue weighted by Gasteiger charge is 2.34. The molecule has 3 nitrogen and oxygen atoms in total. The van der Waals surface area contributed by atoms with Crippen molar-refractivity contribution in [2.45, 2.75) is 38.3 Å². The first-order valence-electron chi connectivity index (χ1n) is 7.87. The van der Waals surface area contributed by atoms with Crippen LogP contribution in [0.1, 0.15) is 25.3 Å². The molecule has 0 bridgehead atoms. The molecule has 2 aliphatic heterocycles. The van der Waals surface area contributed by atoms with E-state index in [1.807, 2.05) is 0 Å². The van der Waals surface area contributed by atoms with Crippen LogP contribution in [0.2, 0.25) is 0 Å². The van der Waals surface area contributed by atoms with Gasteiger partial charge in [-0.15, -0.1) is 0 Å². The van der Waals surface area contributed by atoms with E-state index in [2.05, 4.69) is 41.0 Å². The number of piperazine rings is 1. The lowest BCUT2D eigenvalue weighted by atomic mass is 10.0. The Morgan fingerprint density at radius 3 is 2.95 bits per heavy atom. The van der Waals surface area contributed by atoms with Crippen molar-refractivity contribution in [2.75, 3.05) is 38.3 Å². The van der Waals surface area contributed by atoms with Gasteiger partial charge in [0.25, 0.3) is 0 Å². The van der Waals surface area contributed by atoms with E-state index in [9.17, 15) is 0 Å². The van der Waals surface area contributed by atoms with Crippen LogP contribution in [0.15, 0.2) is 24.3 Å². The molecule has 1 aromatic rings. The van der Waals surface area contributed by atoms with Crippen LogP contribution in [0.4, 0.5) is 5.69 Å². The highest BCUT2D eigenvalue weighted by Crippen LogP contribution is 2.30. The molecule has 0 N–H and O–H groups in total. The minimum Gasteiger partial charge on any atom is -0.384 e. The SMILES string of the molecule is COCCc1ccccc1N1CC2CCCN2CC1C. The molecule has 2 aliphatic rings. The van der Waals surface area contributed by atoms with Crippen molar-refractivity contribution in [3.05, 3.63) is 29.8 Å². The molecule has 110 valence electrons. The standard InChI is InChI=1S/C17H26N2O/c1-14-12-18-10-5-7-16(18)13-19(14)17-8-4-3-6-15(17)9-11-20-2/h3-4,6,8,14,16H,5,7,9-13H2,1-2H3. The molecule has 0 aromatic heterocycles. The minimum absolute atomic E-state index is 0.605. The Balaban J connectivity index is 1.80. The molecule has 0 aliphatic carbocycles. The maximum atomic E-state index is 5.26. The number of rotatable bonds is 4. The highest BCUT2D eigenvalue weighted by molar-refractivity contribution is 5.55. The summed E-state index contributed by atoms with van der Waals surface area (Å²) in [6.07, 6.45) is 3.74. The van der Waals surface area contributed by atoms with Crippen LogP contribution >= 0.6 is 0 Å². The van der Waals surface area contributed by atoms with Crippen molar-refractivity contribution in [1.82, 2.24) is 4.90 Å². The number of nitrogens with zero attached hydrogens (tertiary/aromatic N) is 2. The van der Waals surface area contributed by atoms with E-state index >= 15 is 0 Å². The first kappa shape index (κ1) is 13.9. The molecule has 2 saturated heterocycles. The Morgan fingerprint density at radius 1 is 1.25 bits per heavy atom. The predicted octanol–water partition coefficient (Wildman–Crippen LogP) is 2.55. The number of fused-ring (bicyclic) bond motifs is 1. The molecule has 0 amide bonds. The van der Waals surface area contributed by atoms with E-state index in [0.29, 0.717) is 6.04 Å². The van der Waals surface area contributed by atoms with Gasteiger partial charge in [-0.1, -0.05) is 18.2 Å². The molecule has 3 rings (SSSR count). The van der Waals surface area contributed by atoms with E-state index in [-0.39, 0.29) is 0 Å². The van der Waals surface area contributed by atoms with Crippen LogP contribution in [0.5, 0.6) is 0 Å². The van der Waals surface area contributed by atoms with Gasteiger partial charge in [-0.2, -0.15) is 0 Å². The van der Waals surface area contributed by atoms with Crippen LogP contribution < -0.4 is 4.90 Å². The van der Waals surface area contributed by atoms with Crippen LogP contribution in [-0.2, 0) is 11.2 Å². The number of ether oxygens (including phenoxy) is 1. The third kappa shape index (κ3) is 2.70. The molecule has 1 aromatic carbocycles. The fourth-order valence-electron chi connectivity index (χ4n) is 3.74. The lowest BCUT2D eigenvalue weighted by Gasteiger charge is -2.44. The van der Waals surface area contributed by atoms with Gasteiger partial charge in [0.05, 0.1) is 6.61 Å². The quantitative estimate of drug-likeness (QED) is 0.839. The summed E-state index contributed by atoms with van der Waals surface area (Å²) < 4.78 is 5.26. The average Bonchev–Trinajstić information content (AvgIpc) is 2.91. The van der Waals surface area contributed by atoms with Gasteiger partial charge in [0.2, 0.25) is 0 Å². The Labute approximate surface area is 122 Å². The van der Waals surface area contributed by atoms with Crippen LogP contribution in [0.25, 0.3) is 0 Å². The van der Waals surface area contributed by atoms with E-state index in [1.165, 1.54) is 43.7 Å². The monoisotopic (exact) mass is 274 g/mol. The molecule has 2 atom stereocenters. The third-order valence-corrected chi connectivity index (χ3v) is 4.81. The third-order valence-electron chi connectivity index (χ3n) is 4.81.